The Morgan fingerprint density at radius 1 is 0.944 bits per heavy atom. The van der Waals surface area contributed by atoms with Crippen molar-refractivity contribution in [2.45, 2.75) is 72.3 Å². The van der Waals surface area contributed by atoms with Crippen LogP contribution in [0.2, 0.25) is 0 Å². The zero-order chi connectivity index (χ0) is 26.5. The Kier molecular flexibility index (Phi) is 8.96. The van der Waals surface area contributed by atoms with E-state index in [1.165, 1.54) is 11.1 Å². The van der Waals surface area contributed by atoms with Crippen LogP contribution in [0.4, 0.5) is 0 Å². The molecule has 2 aromatic carbocycles. The lowest BCUT2D eigenvalue weighted by molar-refractivity contribution is -0.122. The summed E-state index contributed by atoms with van der Waals surface area (Å²) in [7, 11) is 0. The second-order valence-electron chi connectivity index (χ2n) is 12.0. The van der Waals surface area contributed by atoms with E-state index in [0.29, 0.717) is 12.1 Å². The predicted molar refractivity (Wildman–Crippen MR) is 149 cm³/mol. The lowest BCUT2D eigenvalue weighted by atomic mass is 9.79. The minimum atomic E-state index is -0.210. The van der Waals surface area contributed by atoms with E-state index in [-0.39, 0.29) is 22.5 Å². The minimum absolute atomic E-state index is 0.0688. The van der Waals surface area contributed by atoms with Gasteiger partial charge in [0, 0.05) is 43.9 Å². The molecule has 2 N–H and O–H groups in total. The molecular weight excluding hydrogens is 448 g/mol. The van der Waals surface area contributed by atoms with E-state index in [9.17, 15) is 9.90 Å². The van der Waals surface area contributed by atoms with Crippen LogP contribution < -0.4 is 5.43 Å². The standard InChI is InChI=1S/C30H44N4O2/c1-8-22-9-11-23(12-10-22)20-33-13-15-34(16-14-33)21-27(35)32-31-19-24-17-25(29(2,3)4)18-26(28(24)36)30(5,6)7/h9-12,17-19,36H,8,13-16,20-21H2,1-7H3,(H,32,35)/b31-19+. The molecule has 0 aliphatic carbocycles. The van der Waals surface area contributed by atoms with E-state index < -0.39 is 0 Å². The zero-order valence-electron chi connectivity index (χ0n) is 23.2. The number of nitrogens with zero attached hydrogens (tertiary/aromatic N) is 3. The van der Waals surface area contributed by atoms with Crippen molar-refractivity contribution in [1.82, 2.24) is 15.2 Å². The third kappa shape index (κ3) is 7.65. The summed E-state index contributed by atoms with van der Waals surface area (Å²) in [5.41, 5.74) is 7.69. The first-order chi connectivity index (χ1) is 16.9. The van der Waals surface area contributed by atoms with Crippen LogP contribution in [0.1, 0.15) is 76.3 Å². The molecule has 0 atom stereocenters. The number of piperazine rings is 1. The maximum Gasteiger partial charge on any atom is 0.254 e. The van der Waals surface area contributed by atoms with Gasteiger partial charge in [-0.15, -0.1) is 0 Å². The molecule has 0 unspecified atom stereocenters. The minimum Gasteiger partial charge on any atom is -0.507 e. The quantitative estimate of drug-likeness (QED) is 0.430. The summed E-state index contributed by atoms with van der Waals surface area (Å²) < 4.78 is 0. The van der Waals surface area contributed by atoms with Gasteiger partial charge in [0.1, 0.15) is 5.75 Å². The van der Waals surface area contributed by atoms with Gasteiger partial charge in [-0.25, -0.2) is 5.43 Å². The van der Waals surface area contributed by atoms with Gasteiger partial charge >= 0.3 is 0 Å². The molecule has 1 aliphatic heterocycles. The molecule has 0 aromatic heterocycles. The number of hydrogen-bond acceptors (Lipinski definition) is 5. The molecule has 1 amide bonds. The highest BCUT2D eigenvalue weighted by atomic mass is 16.3. The lowest BCUT2D eigenvalue weighted by Crippen LogP contribution is -2.48. The van der Waals surface area contributed by atoms with E-state index >= 15 is 0 Å². The lowest BCUT2D eigenvalue weighted by Gasteiger charge is -2.34. The van der Waals surface area contributed by atoms with Crippen molar-refractivity contribution < 1.29 is 9.90 Å². The van der Waals surface area contributed by atoms with Crippen molar-refractivity contribution >= 4 is 12.1 Å². The van der Waals surface area contributed by atoms with Crippen LogP contribution in [0.3, 0.4) is 0 Å². The Labute approximate surface area is 217 Å². The Balaban J connectivity index is 1.53. The SMILES string of the molecule is CCc1ccc(CN2CCN(CC(=O)N/N=C/c3cc(C(C)(C)C)cc(C(C)(C)C)c3O)CC2)cc1. The average molecular weight is 493 g/mol. The van der Waals surface area contributed by atoms with Crippen molar-refractivity contribution in [3.05, 3.63) is 64.2 Å². The van der Waals surface area contributed by atoms with Crippen molar-refractivity contribution in [3.63, 3.8) is 0 Å². The normalized spacial score (nSPS) is 16.0. The number of aryl methyl sites for hydroxylation is 1. The summed E-state index contributed by atoms with van der Waals surface area (Å²) in [6.07, 6.45) is 2.62. The molecule has 36 heavy (non-hydrogen) atoms. The molecule has 1 heterocycles. The fourth-order valence-corrected chi connectivity index (χ4v) is 4.42. The fraction of sp³-hybridized carbons (Fsp3) is 0.533. The molecule has 1 saturated heterocycles. The van der Waals surface area contributed by atoms with Gasteiger partial charge in [-0.1, -0.05) is 78.8 Å². The largest absolute Gasteiger partial charge is 0.507 e. The van der Waals surface area contributed by atoms with Crippen LogP contribution in [-0.2, 0) is 28.6 Å². The van der Waals surface area contributed by atoms with Crippen molar-refractivity contribution in [2.75, 3.05) is 32.7 Å². The number of amides is 1. The summed E-state index contributed by atoms with van der Waals surface area (Å²) in [5.74, 6) is 0.0753. The summed E-state index contributed by atoms with van der Waals surface area (Å²) >= 11 is 0. The highest BCUT2D eigenvalue weighted by Crippen LogP contribution is 2.37. The molecule has 6 nitrogen and oxygen atoms in total. The van der Waals surface area contributed by atoms with Gasteiger partial charge in [0.25, 0.3) is 5.91 Å². The summed E-state index contributed by atoms with van der Waals surface area (Å²) in [6.45, 7) is 19.7. The Morgan fingerprint density at radius 3 is 2.08 bits per heavy atom. The molecule has 0 radical (unpaired) electrons. The van der Waals surface area contributed by atoms with Gasteiger partial charge in [0.05, 0.1) is 12.8 Å². The number of benzene rings is 2. The summed E-state index contributed by atoms with van der Waals surface area (Å²) in [4.78, 5) is 17.1. The number of phenolic OH excluding ortho intramolecular Hbond substituents is 1. The monoisotopic (exact) mass is 492 g/mol. The number of hydrogen-bond donors (Lipinski definition) is 2. The highest BCUT2D eigenvalue weighted by Gasteiger charge is 2.24. The number of hydrazone groups is 1. The van der Waals surface area contributed by atoms with Crippen LogP contribution in [0.15, 0.2) is 41.5 Å². The number of carbonyl (C=O) groups is 1. The predicted octanol–water partition coefficient (Wildman–Crippen LogP) is 4.82. The van der Waals surface area contributed by atoms with Gasteiger partial charge in [-0.05, 0) is 40.0 Å². The first-order valence-corrected chi connectivity index (χ1v) is 13.1. The Hall–Kier alpha value is -2.70. The Morgan fingerprint density at radius 2 is 1.53 bits per heavy atom. The second-order valence-corrected chi connectivity index (χ2v) is 12.0. The zero-order valence-corrected chi connectivity index (χ0v) is 23.2. The molecule has 0 saturated carbocycles. The van der Waals surface area contributed by atoms with Crippen LogP contribution >= 0.6 is 0 Å². The van der Waals surface area contributed by atoms with Crippen molar-refractivity contribution in [3.8, 4) is 5.75 Å². The van der Waals surface area contributed by atoms with Gasteiger partial charge in [0.2, 0.25) is 0 Å². The first kappa shape index (κ1) is 27.9. The molecule has 0 bridgehead atoms. The van der Waals surface area contributed by atoms with Gasteiger partial charge < -0.3 is 5.11 Å². The number of aromatic hydroxyl groups is 1. The van der Waals surface area contributed by atoms with Crippen LogP contribution in [0.5, 0.6) is 5.75 Å². The van der Waals surface area contributed by atoms with Gasteiger partial charge in [-0.2, -0.15) is 5.10 Å². The second kappa shape index (κ2) is 11.6. The number of nitrogens with one attached hydrogen (secondary N) is 1. The van der Waals surface area contributed by atoms with Gasteiger partial charge in [-0.3, -0.25) is 14.6 Å². The molecule has 6 heteroatoms. The third-order valence-electron chi connectivity index (χ3n) is 6.88. The fourth-order valence-electron chi connectivity index (χ4n) is 4.42. The number of carbonyl (C=O) groups excluding carboxylic acids is 1. The Bertz CT molecular complexity index is 1050. The van der Waals surface area contributed by atoms with Gasteiger partial charge in [0.15, 0.2) is 0 Å². The number of rotatable bonds is 7. The molecule has 2 aromatic rings. The topological polar surface area (TPSA) is 68.2 Å². The van der Waals surface area contributed by atoms with Crippen LogP contribution in [-0.4, -0.2) is 59.8 Å². The molecule has 1 aliphatic rings. The molecular formula is C30H44N4O2. The molecule has 3 rings (SSSR count). The molecule has 196 valence electrons. The highest BCUT2D eigenvalue weighted by molar-refractivity contribution is 5.86. The smallest absolute Gasteiger partial charge is 0.254 e. The van der Waals surface area contributed by atoms with Crippen molar-refractivity contribution in [2.24, 2.45) is 5.10 Å². The van der Waals surface area contributed by atoms with E-state index in [1.54, 1.807) is 6.21 Å². The van der Waals surface area contributed by atoms with E-state index in [0.717, 1.165) is 50.3 Å². The molecule has 1 fully saturated rings. The van der Waals surface area contributed by atoms with E-state index in [1.807, 2.05) is 6.07 Å². The molecule has 0 spiro atoms. The summed E-state index contributed by atoms with van der Waals surface area (Å²) in [6, 6.07) is 12.9. The first-order valence-electron chi connectivity index (χ1n) is 13.1. The van der Waals surface area contributed by atoms with E-state index in [4.69, 9.17) is 0 Å². The third-order valence-corrected chi connectivity index (χ3v) is 6.88. The number of phenols is 1. The summed E-state index contributed by atoms with van der Waals surface area (Å²) in [5, 5.41) is 15.1. The van der Waals surface area contributed by atoms with Crippen molar-refractivity contribution in [1.29, 1.82) is 0 Å². The van der Waals surface area contributed by atoms with Crippen LogP contribution in [0.25, 0.3) is 0 Å². The van der Waals surface area contributed by atoms with Crippen LogP contribution in [0, 0.1) is 0 Å². The maximum absolute atomic E-state index is 12.5. The van der Waals surface area contributed by atoms with E-state index in [2.05, 4.69) is 99.1 Å². The average Bonchev–Trinajstić information content (AvgIpc) is 2.80. The maximum atomic E-state index is 12.5.